The van der Waals surface area contributed by atoms with E-state index >= 15 is 0 Å². The second kappa shape index (κ2) is 14.2. The number of unbranched alkanes of at least 4 members (excludes halogenated alkanes) is 3. The van der Waals surface area contributed by atoms with Crippen molar-refractivity contribution in [2.45, 2.75) is 71.4 Å². The standard InChI is InChI=1S/C24H30F3NO6/c1-16(9-6-7-13-24(25,26)27)11-12-17(2)21(30)20-19(29)15-18(34-22(20)31)10-5-4-8-14-28-23(32)33-3/h11-12,14-15,29H,4-10,13H2,1-3H3. The third kappa shape index (κ3) is 11.1. The van der Waals surface area contributed by atoms with Gasteiger partial charge in [-0.25, -0.2) is 9.59 Å². The molecule has 0 fully saturated rings. The molecule has 1 heterocycles. The van der Waals surface area contributed by atoms with Gasteiger partial charge in [-0.15, -0.1) is 0 Å². The number of Topliss-reactive ketones (excluding diaryl/α,β-unsaturated/α-hetero) is 1. The van der Waals surface area contributed by atoms with E-state index in [1.807, 2.05) is 0 Å². The molecule has 0 spiro atoms. The molecule has 0 aliphatic rings. The monoisotopic (exact) mass is 485 g/mol. The summed E-state index contributed by atoms with van der Waals surface area (Å²) in [6.45, 7) is 3.21. The first-order chi connectivity index (χ1) is 15.9. The van der Waals surface area contributed by atoms with E-state index in [2.05, 4.69) is 9.73 Å². The number of aromatic hydroxyl groups is 1. The van der Waals surface area contributed by atoms with Crippen molar-refractivity contribution in [3.05, 3.63) is 51.1 Å². The minimum absolute atomic E-state index is 0.0264. The van der Waals surface area contributed by atoms with Crippen molar-refractivity contribution in [2.24, 2.45) is 4.99 Å². The second-order valence-electron chi connectivity index (χ2n) is 7.80. The van der Waals surface area contributed by atoms with Crippen LogP contribution >= 0.6 is 0 Å². The molecule has 10 heteroatoms. The molecule has 0 bridgehead atoms. The number of carbonyl (C=O) groups is 2. The Morgan fingerprint density at radius 2 is 1.85 bits per heavy atom. The van der Waals surface area contributed by atoms with Gasteiger partial charge in [0.05, 0.1) is 7.11 Å². The van der Waals surface area contributed by atoms with E-state index in [0.717, 1.165) is 5.57 Å². The van der Waals surface area contributed by atoms with Crippen LogP contribution < -0.4 is 5.63 Å². The molecule has 0 radical (unpaired) electrons. The molecule has 34 heavy (non-hydrogen) atoms. The molecule has 0 saturated carbocycles. The topological polar surface area (TPSA) is 106 Å². The number of ketones is 1. The van der Waals surface area contributed by atoms with Crippen LogP contribution in [0.4, 0.5) is 18.0 Å². The van der Waals surface area contributed by atoms with Crippen LogP contribution in [0.15, 0.2) is 43.6 Å². The number of hydrogen-bond acceptors (Lipinski definition) is 6. The second-order valence-corrected chi connectivity index (χ2v) is 7.80. The number of ether oxygens (including phenoxy) is 1. The highest BCUT2D eigenvalue weighted by Crippen LogP contribution is 2.24. The molecule has 1 amide bonds. The molecular weight excluding hydrogens is 455 g/mol. The predicted octanol–water partition coefficient (Wildman–Crippen LogP) is 6.09. The van der Waals surface area contributed by atoms with E-state index in [-0.39, 0.29) is 17.8 Å². The van der Waals surface area contributed by atoms with Crippen molar-refractivity contribution in [3.63, 3.8) is 0 Å². The number of aliphatic imine (C=N–C) groups is 1. The fourth-order valence-electron chi connectivity index (χ4n) is 2.94. The van der Waals surface area contributed by atoms with Gasteiger partial charge in [-0.05, 0) is 57.9 Å². The van der Waals surface area contributed by atoms with Crippen LogP contribution in [0, 0.1) is 0 Å². The first kappa shape index (κ1) is 28.9. The van der Waals surface area contributed by atoms with E-state index in [1.54, 1.807) is 13.0 Å². The van der Waals surface area contributed by atoms with Crippen LogP contribution in [0.2, 0.25) is 0 Å². The lowest BCUT2D eigenvalue weighted by atomic mass is 10.0. The van der Waals surface area contributed by atoms with Gasteiger partial charge >= 0.3 is 17.9 Å². The van der Waals surface area contributed by atoms with Crippen LogP contribution in [0.1, 0.15) is 74.9 Å². The Labute approximate surface area is 196 Å². The predicted molar refractivity (Wildman–Crippen MR) is 121 cm³/mol. The minimum Gasteiger partial charge on any atom is -0.507 e. The van der Waals surface area contributed by atoms with Gasteiger partial charge in [0.2, 0.25) is 0 Å². The van der Waals surface area contributed by atoms with Crippen LogP contribution in [0.5, 0.6) is 5.75 Å². The number of halogens is 3. The number of allylic oxidation sites excluding steroid dienone is 4. The lowest BCUT2D eigenvalue weighted by Crippen LogP contribution is -2.16. The number of hydrogen-bond donors (Lipinski definition) is 1. The Morgan fingerprint density at radius 3 is 2.47 bits per heavy atom. The Balaban J connectivity index is 2.69. The van der Waals surface area contributed by atoms with Gasteiger partial charge in [0, 0.05) is 25.1 Å². The average Bonchev–Trinajstić information content (AvgIpc) is 2.75. The highest BCUT2D eigenvalue weighted by atomic mass is 19.4. The number of methoxy groups -OCH3 is 1. The van der Waals surface area contributed by atoms with Gasteiger partial charge in [-0.1, -0.05) is 17.7 Å². The molecule has 0 aromatic carbocycles. The summed E-state index contributed by atoms with van der Waals surface area (Å²) in [5.41, 5.74) is -0.459. The van der Waals surface area contributed by atoms with Crippen molar-refractivity contribution in [2.75, 3.05) is 7.11 Å². The largest absolute Gasteiger partial charge is 0.507 e. The minimum atomic E-state index is -4.17. The lowest BCUT2D eigenvalue weighted by molar-refractivity contribution is -0.135. The summed E-state index contributed by atoms with van der Waals surface area (Å²) in [6, 6.07) is 1.23. The first-order valence-electron chi connectivity index (χ1n) is 10.9. The zero-order chi connectivity index (χ0) is 25.7. The number of alkyl halides is 3. The molecule has 1 rings (SSSR count). The van der Waals surface area contributed by atoms with E-state index in [1.165, 1.54) is 32.4 Å². The van der Waals surface area contributed by atoms with Crippen molar-refractivity contribution >= 4 is 18.1 Å². The summed E-state index contributed by atoms with van der Waals surface area (Å²) in [4.78, 5) is 39.3. The number of aryl methyl sites for hydroxylation is 1. The van der Waals surface area contributed by atoms with Crippen LogP contribution in [-0.4, -0.2) is 36.5 Å². The van der Waals surface area contributed by atoms with Gasteiger partial charge in [-0.2, -0.15) is 18.2 Å². The normalized spacial score (nSPS) is 12.9. The molecule has 1 N–H and O–H groups in total. The number of carbonyl (C=O) groups excluding carboxylic acids is 2. The Hall–Kier alpha value is -3.17. The van der Waals surface area contributed by atoms with Gasteiger partial charge in [0.25, 0.3) is 0 Å². The van der Waals surface area contributed by atoms with Crippen molar-refractivity contribution < 1.29 is 37.0 Å². The summed E-state index contributed by atoms with van der Waals surface area (Å²) in [5, 5.41) is 10.2. The van der Waals surface area contributed by atoms with Crippen molar-refractivity contribution in [3.8, 4) is 5.75 Å². The molecule has 0 saturated heterocycles. The summed E-state index contributed by atoms with van der Waals surface area (Å²) in [5.74, 6) is -0.956. The Kier molecular flexibility index (Phi) is 12.0. The maximum Gasteiger partial charge on any atom is 0.432 e. The van der Waals surface area contributed by atoms with E-state index < -0.39 is 41.4 Å². The first-order valence-corrected chi connectivity index (χ1v) is 10.9. The molecule has 0 unspecified atom stereocenters. The van der Waals surface area contributed by atoms with Gasteiger partial charge in [-0.3, -0.25) is 4.79 Å². The maximum atomic E-state index is 12.6. The zero-order valence-electron chi connectivity index (χ0n) is 19.5. The summed E-state index contributed by atoms with van der Waals surface area (Å²) < 4.78 is 46.1. The average molecular weight is 485 g/mol. The molecule has 1 aromatic heterocycles. The van der Waals surface area contributed by atoms with Gasteiger partial charge in [0.15, 0.2) is 5.78 Å². The summed E-state index contributed by atoms with van der Waals surface area (Å²) >= 11 is 0. The van der Waals surface area contributed by atoms with Crippen LogP contribution in [-0.2, 0) is 11.2 Å². The lowest BCUT2D eigenvalue weighted by Gasteiger charge is -2.06. The third-order valence-corrected chi connectivity index (χ3v) is 4.84. The quantitative estimate of drug-likeness (QED) is 0.126. The molecule has 0 aliphatic heterocycles. The highest BCUT2D eigenvalue weighted by Gasteiger charge is 2.25. The maximum absolute atomic E-state index is 12.6. The van der Waals surface area contributed by atoms with Crippen molar-refractivity contribution in [1.82, 2.24) is 0 Å². The molecule has 7 nitrogen and oxygen atoms in total. The van der Waals surface area contributed by atoms with Crippen LogP contribution in [0.3, 0.4) is 0 Å². The van der Waals surface area contributed by atoms with E-state index in [9.17, 15) is 32.7 Å². The van der Waals surface area contributed by atoms with E-state index in [0.29, 0.717) is 38.5 Å². The Bertz CT molecular complexity index is 989. The Morgan fingerprint density at radius 1 is 1.15 bits per heavy atom. The fraction of sp³-hybridized carbons (Fsp3) is 0.500. The molecule has 188 valence electrons. The smallest absolute Gasteiger partial charge is 0.432 e. The number of nitrogens with zero attached hydrogens (tertiary/aromatic N) is 1. The molecular formula is C24H30F3NO6. The molecule has 1 aromatic rings. The fourth-order valence-corrected chi connectivity index (χ4v) is 2.94. The number of rotatable bonds is 12. The zero-order valence-corrected chi connectivity index (χ0v) is 19.5. The van der Waals surface area contributed by atoms with Crippen molar-refractivity contribution in [1.29, 1.82) is 0 Å². The van der Waals surface area contributed by atoms with Gasteiger partial charge < -0.3 is 14.3 Å². The number of amides is 1. The summed E-state index contributed by atoms with van der Waals surface area (Å²) in [6.07, 6.45) is 1.75. The van der Waals surface area contributed by atoms with Crippen LogP contribution in [0.25, 0.3) is 0 Å². The highest BCUT2D eigenvalue weighted by molar-refractivity contribution is 6.09. The molecule has 0 aliphatic carbocycles. The van der Waals surface area contributed by atoms with E-state index in [4.69, 9.17) is 4.42 Å². The SMILES string of the molecule is COC(=O)N=CCCCCc1cc(O)c(C(=O)C(C)=CC=C(C)CCCCC(F)(F)F)c(=O)o1. The molecule has 0 atom stereocenters. The third-order valence-electron chi connectivity index (χ3n) is 4.84. The summed E-state index contributed by atoms with van der Waals surface area (Å²) in [7, 11) is 1.23. The van der Waals surface area contributed by atoms with Gasteiger partial charge in [0.1, 0.15) is 17.1 Å².